The third-order valence-corrected chi connectivity index (χ3v) is 7.42. The molecule has 0 aliphatic heterocycles. The van der Waals surface area contributed by atoms with Gasteiger partial charge >= 0.3 is 0 Å². The van der Waals surface area contributed by atoms with Crippen LogP contribution in [0, 0.1) is 12.8 Å². The van der Waals surface area contributed by atoms with E-state index in [1.807, 2.05) is 66.2 Å². The maximum atomic E-state index is 12.9. The normalized spacial score (nSPS) is 12.1. The van der Waals surface area contributed by atoms with Crippen LogP contribution in [0.3, 0.4) is 0 Å². The Bertz CT molecular complexity index is 1380. The number of rotatable bonds is 13. The van der Waals surface area contributed by atoms with Gasteiger partial charge in [0.05, 0.1) is 19.0 Å². The standard InChI is InChI=1S/C31H40N6O2/c1-6-23(15-18-36(4)7-2)14-16-33-31(38)27-13-10-25(20-22(27)3)35-29-30-34-21-28(37(30)19-17-32-29)24-8-11-26(39-5)12-9-24/h8-13,17,19-21,23H,6-7,14-16,18H2,1-5H3,(H,32,35)(H,33,38). The summed E-state index contributed by atoms with van der Waals surface area (Å²) in [6.07, 6.45) is 8.78. The fourth-order valence-corrected chi connectivity index (χ4v) is 4.71. The summed E-state index contributed by atoms with van der Waals surface area (Å²) in [5.41, 5.74) is 5.16. The molecule has 2 aromatic heterocycles. The first kappa shape index (κ1) is 28.1. The average Bonchev–Trinajstić information content (AvgIpc) is 3.40. The second kappa shape index (κ2) is 13.2. The smallest absolute Gasteiger partial charge is 0.251 e. The Kier molecular flexibility index (Phi) is 9.54. The van der Waals surface area contributed by atoms with Gasteiger partial charge in [-0.15, -0.1) is 0 Å². The molecule has 4 rings (SSSR count). The van der Waals surface area contributed by atoms with Crippen LogP contribution >= 0.6 is 0 Å². The van der Waals surface area contributed by atoms with Crippen molar-refractivity contribution in [2.24, 2.45) is 5.92 Å². The number of hydrogen-bond acceptors (Lipinski definition) is 6. The Morgan fingerprint density at radius 2 is 1.90 bits per heavy atom. The third kappa shape index (κ3) is 6.95. The van der Waals surface area contributed by atoms with Gasteiger partial charge < -0.3 is 20.3 Å². The molecular weight excluding hydrogens is 488 g/mol. The second-order valence-corrected chi connectivity index (χ2v) is 10.00. The lowest BCUT2D eigenvalue weighted by Gasteiger charge is -2.20. The molecule has 206 valence electrons. The molecule has 0 spiro atoms. The van der Waals surface area contributed by atoms with Crippen LogP contribution in [0.2, 0.25) is 0 Å². The average molecular weight is 529 g/mol. The predicted octanol–water partition coefficient (Wildman–Crippen LogP) is 5.94. The Morgan fingerprint density at radius 1 is 1.10 bits per heavy atom. The Morgan fingerprint density at radius 3 is 2.59 bits per heavy atom. The SMILES string of the molecule is CCC(CCNC(=O)c1ccc(Nc2nccn3c(-c4ccc(OC)cc4)cnc23)cc1C)CCN(C)CC. The summed E-state index contributed by atoms with van der Waals surface area (Å²) in [5.74, 6) is 2.05. The lowest BCUT2D eigenvalue weighted by Crippen LogP contribution is -2.27. The molecule has 0 radical (unpaired) electrons. The van der Waals surface area contributed by atoms with E-state index in [4.69, 9.17) is 4.74 Å². The minimum absolute atomic E-state index is 0.0304. The van der Waals surface area contributed by atoms with E-state index in [9.17, 15) is 4.79 Å². The van der Waals surface area contributed by atoms with Crippen LogP contribution in [0.4, 0.5) is 11.5 Å². The quantitative estimate of drug-likeness (QED) is 0.223. The van der Waals surface area contributed by atoms with Crippen LogP contribution in [-0.2, 0) is 0 Å². The number of nitrogens with one attached hydrogen (secondary N) is 2. The van der Waals surface area contributed by atoms with Gasteiger partial charge in [-0.05, 0) is 93.8 Å². The number of ether oxygens (including phenoxy) is 1. The minimum atomic E-state index is -0.0304. The van der Waals surface area contributed by atoms with E-state index in [-0.39, 0.29) is 5.91 Å². The number of carbonyl (C=O) groups excluding carboxylic acids is 1. The van der Waals surface area contributed by atoms with Crippen molar-refractivity contribution in [3.05, 3.63) is 72.2 Å². The van der Waals surface area contributed by atoms with Crippen LogP contribution in [0.25, 0.3) is 16.9 Å². The van der Waals surface area contributed by atoms with Gasteiger partial charge in [-0.2, -0.15) is 0 Å². The van der Waals surface area contributed by atoms with Gasteiger partial charge in [-0.3, -0.25) is 9.20 Å². The first-order chi connectivity index (χ1) is 18.9. The topological polar surface area (TPSA) is 83.8 Å². The molecule has 4 aromatic rings. The fraction of sp³-hybridized carbons (Fsp3) is 0.387. The Balaban J connectivity index is 1.40. The van der Waals surface area contributed by atoms with Crippen molar-refractivity contribution in [3.63, 3.8) is 0 Å². The minimum Gasteiger partial charge on any atom is -0.497 e. The summed E-state index contributed by atoms with van der Waals surface area (Å²) in [6, 6.07) is 13.6. The van der Waals surface area contributed by atoms with Crippen LogP contribution in [-0.4, -0.2) is 59.0 Å². The summed E-state index contributed by atoms with van der Waals surface area (Å²) in [4.78, 5) is 24.4. The zero-order valence-electron chi connectivity index (χ0n) is 23.7. The van der Waals surface area contributed by atoms with Gasteiger partial charge in [0.1, 0.15) is 5.75 Å². The summed E-state index contributed by atoms with van der Waals surface area (Å²) < 4.78 is 7.29. The highest BCUT2D eigenvalue weighted by molar-refractivity contribution is 5.96. The summed E-state index contributed by atoms with van der Waals surface area (Å²) in [5, 5.41) is 6.50. The lowest BCUT2D eigenvalue weighted by atomic mass is 9.98. The van der Waals surface area contributed by atoms with Gasteiger partial charge in [-0.25, -0.2) is 9.97 Å². The van der Waals surface area contributed by atoms with Crippen LogP contribution < -0.4 is 15.4 Å². The van der Waals surface area contributed by atoms with Crippen LogP contribution in [0.5, 0.6) is 5.75 Å². The first-order valence-corrected chi connectivity index (χ1v) is 13.7. The number of anilines is 2. The van der Waals surface area contributed by atoms with E-state index in [0.29, 0.717) is 23.8 Å². The molecule has 0 aliphatic carbocycles. The number of imidazole rings is 1. The number of hydrogen-bond donors (Lipinski definition) is 2. The van der Waals surface area contributed by atoms with Gasteiger partial charge in [0.2, 0.25) is 0 Å². The molecule has 8 heteroatoms. The highest BCUT2D eigenvalue weighted by atomic mass is 16.5. The molecule has 0 bridgehead atoms. The summed E-state index contributed by atoms with van der Waals surface area (Å²) in [7, 11) is 3.81. The number of aryl methyl sites for hydroxylation is 1. The number of fused-ring (bicyclic) bond motifs is 1. The van der Waals surface area contributed by atoms with Crippen LogP contribution in [0.1, 0.15) is 49.0 Å². The molecule has 0 saturated heterocycles. The molecule has 2 aromatic carbocycles. The van der Waals surface area contributed by atoms with Crippen molar-refractivity contribution in [1.82, 2.24) is 24.6 Å². The lowest BCUT2D eigenvalue weighted by molar-refractivity contribution is 0.0950. The van der Waals surface area contributed by atoms with Gasteiger partial charge in [0.25, 0.3) is 5.91 Å². The predicted molar refractivity (Wildman–Crippen MR) is 158 cm³/mol. The number of carbonyl (C=O) groups is 1. The number of benzene rings is 2. The molecule has 8 nitrogen and oxygen atoms in total. The van der Waals surface area contributed by atoms with Gasteiger partial charge in [-0.1, -0.05) is 20.3 Å². The fourth-order valence-electron chi connectivity index (χ4n) is 4.71. The van der Waals surface area contributed by atoms with E-state index in [1.54, 1.807) is 13.3 Å². The second-order valence-electron chi connectivity index (χ2n) is 10.00. The number of amides is 1. The molecule has 39 heavy (non-hydrogen) atoms. The molecule has 1 amide bonds. The first-order valence-electron chi connectivity index (χ1n) is 13.7. The molecule has 2 N–H and O–H groups in total. The highest BCUT2D eigenvalue weighted by Gasteiger charge is 2.14. The van der Waals surface area contributed by atoms with E-state index < -0.39 is 0 Å². The zero-order valence-corrected chi connectivity index (χ0v) is 23.7. The van der Waals surface area contributed by atoms with E-state index in [1.165, 1.54) is 0 Å². The van der Waals surface area contributed by atoms with Gasteiger partial charge in [0, 0.05) is 35.8 Å². The Hall–Kier alpha value is -3.91. The molecule has 1 unspecified atom stereocenters. The highest BCUT2D eigenvalue weighted by Crippen LogP contribution is 2.27. The van der Waals surface area contributed by atoms with Gasteiger partial charge in [0.15, 0.2) is 11.5 Å². The summed E-state index contributed by atoms with van der Waals surface area (Å²) >= 11 is 0. The van der Waals surface area contributed by atoms with Crippen molar-refractivity contribution in [1.29, 1.82) is 0 Å². The molecule has 0 aliphatic rings. The zero-order chi connectivity index (χ0) is 27.8. The van der Waals surface area contributed by atoms with Crippen molar-refractivity contribution in [2.45, 2.75) is 40.0 Å². The molecular formula is C31H40N6O2. The Labute approximate surface area is 231 Å². The third-order valence-electron chi connectivity index (χ3n) is 7.42. The molecule has 2 heterocycles. The number of nitrogens with zero attached hydrogens (tertiary/aromatic N) is 4. The molecule has 0 saturated carbocycles. The van der Waals surface area contributed by atoms with Crippen LogP contribution in [0.15, 0.2) is 61.1 Å². The van der Waals surface area contributed by atoms with E-state index in [0.717, 1.165) is 66.3 Å². The van der Waals surface area contributed by atoms with Crippen molar-refractivity contribution in [3.8, 4) is 17.0 Å². The van der Waals surface area contributed by atoms with Crippen molar-refractivity contribution >= 4 is 23.1 Å². The largest absolute Gasteiger partial charge is 0.497 e. The molecule has 1 atom stereocenters. The monoisotopic (exact) mass is 528 g/mol. The maximum Gasteiger partial charge on any atom is 0.251 e. The maximum absolute atomic E-state index is 12.9. The number of aromatic nitrogens is 3. The van der Waals surface area contributed by atoms with Crippen molar-refractivity contribution < 1.29 is 9.53 Å². The molecule has 0 fully saturated rings. The van der Waals surface area contributed by atoms with E-state index in [2.05, 4.69) is 46.4 Å². The van der Waals surface area contributed by atoms with E-state index >= 15 is 0 Å². The summed E-state index contributed by atoms with van der Waals surface area (Å²) in [6.45, 7) is 9.22. The van der Waals surface area contributed by atoms with Crippen molar-refractivity contribution in [2.75, 3.05) is 39.1 Å². The number of methoxy groups -OCH3 is 1.